The molecule has 0 bridgehead atoms. The molecule has 2 aromatic heterocycles. The SMILES string of the molecule is COc1cc(-c2cn(C)c(=O)c3cc(C(=O)NC4CCN(CCN5CCN(c6ccc7c(c6)C(=O)N(C6CCC(=O)NC6=O)C7)CC5)CC4)sc23)cc(OC)c1CN(C)C. The standard InChI is InChI=1S/C44H54N8O7S/c1-47(2)25-34-36(58-4)20-28(21-37(34)59-5)33-26-48(3)43(56)32-23-38(60-40(32)33)42(55)45-29-10-12-49(13-11-29)14-15-50-16-18-51(19-17-50)30-7-6-27-24-52(44(57)31(27)22-30)35-8-9-39(53)46-41(35)54/h6-7,20-23,26,29,35H,8-19,24-25H2,1-5H3,(H,45,55)(H,46,53,54). The average Bonchev–Trinajstić information content (AvgIpc) is 3.84. The quantitative estimate of drug-likeness (QED) is 0.203. The van der Waals surface area contributed by atoms with Crippen LogP contribution in [0.5, 0.6) is 11.5 Å². The molecule has 2 N–H and O–H groups in total. The highest BCUT2D eigenvalue weighted by atomic mass is 32.1. The Morgan fingerprint density at radius 1 is 0.883 bits per heavy atom. The van der Waals surface area contributed by atoms with Crippen molar-refractivity contribution in [2.24, 2.45) is 7.05 Å². The van der Waals surface area contributed by atoms with Gasteiger partial charge in [0.15, 0.2) is 0 Å². The van der Waals surface area contributed by atoms with Gasteiger partial charge in [0, 0.05) is 113 Å². The zero-order valence-corrected chi connectivity index (χ0v) is 35.9. The number of likely N-dealkylation sites (tertiary alicyclic amines) is 1. The number of fused-ring (bicyclic) bond motifs is 2. The fraction of sp³-hybridized carbons (Fsp3) is 0.477. The molecule has 0 spiro atoms. The highest BCUT2D eigenvalue weighted by Crippen LogP contribution is 2.40. The van der Waals surface area contributed by atoms with Crippen LogP contribution in [0.15, 0.2) is 47.4 Å². The van der Waals surface area contributed by atoms with Gasteiger partial charge >= 0.3 is 0 Å². The first-order valence-corrected chi connectivity index (χ1v) is 21.5. The number of hydrogen-bond acceptors (Lipinski definition) is 12. The molecule has 4 aliphatic heterocycles. The number of anilines is 1. The second kappa shape index (κ2) is 17.4. The van der Waals surface area contributed by atoms with E-state index in [1.165, 1.54) is 11.3 Å². The summed E-state index contributed by atoms with van der Waals surface area (Å²) in [5, 5.41) is 6.14. The van der Waals surface area contributed by atoms with E-state index in [0.717, 1.165) is 97.8 Å². The number of piperazine rings is 1. The van der Waals surface area contributed by atoms with Gasteiger partial charge in [0.2, 0.25) is 11.8 Å². The van der Waals surface area contributed by atoms with E-state index >= 15 is 0 Å². The van der Waals surface area contributed by atoms with E-state index in [1.807, 2.05) is 44.6 Å². The van der Waals surface area contributed by atoms with E-state index in [0.29, 0.717) is 46.8 Å². The summed E-state index contributed by atoms with van der Waals surface area (Å²) in [5.41, 5.74) is 5.03. The number of nitrogens with one attached hydrogen (secondary N) is 2. The zero-order valence-electron chi connectivity index (χ0n) is 35.0. The number of thiophene rings is 1. The number of rotatable bonds is 12. The molecule has 0 radical (unpaired) electrons. The number of methoxy groups -OCH3 is 2. The molecule has 4 aliphatic rings. The van der Waals surface area contributed by atoms with Crippen molar-refractivity contribution in [2.45, 2.75) is 50.9 Å². The van der Waals surface area contributed by atoms with Gasteiger partial charge in [0.05, 0.1) is 30.0 Å². The van der Waals surface area contributed by atoms with Gasteiger partial charge in [-0.2, -0.15) is 0 Å². The van der Waals surface area contributed by atoms with Crippen LogP contribution in [0.3, 0.4) is 0 Å². The second-order valence-corrected chi connectivity index (χ2v) is 17.6. The first kappa shape index (κ1) is 41.4. The number of carbonyl (C=O) groups excluding carboxylic acids is 4. The predicted octanol–water partition coefficient (Wildman–Crippen LogP) is 3.12. The number of piperidine rings is 2. The lowest BCUT2D eigenvalue weighted by Gasteiger charge is -2.38. The van der Waals surface area contributed by atoms with Crippen molar-refractivity contribution >= 4 is 50.7 Å². The number of benzene rings is 2. The summed E-state index contributed by atoms with van der Waals surface area (Å²) in [4.78, 5) is 75.9. The van der Waals surface area contributed by atoms with Gasteiger partial charge in [0.25, 0.3) is 17.4 Å². The van der Waals surface area contributed by atoms with Gasteiger partial charge in [-0.1, -0.05) is 6.07 Å². The van der Waals surface area contributed by atoms with Crippen LogP contribution in [0.4, 0.5) is 5.69 Å². The maximum absolute atomic E-state index is 13.7. The molecule has 4 aromatic rings. The van der Waals surface area contributed by atoms with Crippen molar-refractivity contribution in [3.05, 3.63) is 74.5 Å². The van der Waals surface area contributed by atoms with Crippen LogP contribution < -0.4 is 30.6 Å². The number of aromatic nitrogens is 1. The van der Waals surface area contributed by atoms with Gasteiger partial charge < -0.3 is 39.0 Å². The van der Waals surface area contributed by atoms with Gasteiger partial charge in [0.1, 0.15) is 17.5 Å². The molecule has 0 saturated carbocycles. The Morgan fingerprint density at radius 2 is 1.57 bits per heavy atom. The van der Waals surface area contributed by atoms with Crippen molar-refractivity contribution in [3.8, 4) is 22.6 Å². The van der Waals surface area contributed by atoms with Crippen LogP contribution in [0, 0.1) is 0 Å². The number of pyridine rings is 1. The first-order chi connectivity index (χ1) is 28.9. The lowest BCUT2D eigenvalue weighted by molar-refractivity contribution is -0.136. The van der Waals surface area contributed by atoms with E-state index in [9.17, 15) is 24.0 Å². The maximum Gasteiger partial charge on any atom is 0.261 e. The second-order valence-electron chi connectivity index (χ2n) is 16.6. The monoisotopic (exact) mass is 838 g/mol. The third kappa shape index (κ3) is 8.38. The summed E-state index contributed by atoms with van der Waals surface area (Å²) in [6.07, 6.45) is 4.12. The Morgan fingerprint density at radius 3 is 2.22 bits per heavy atom. The molecule has 3 saturated heterocycles. The van der Waals surface area contributed by atoms with Crippen LogP contribution in [0.2, 0.25) is 0 Å². The van der Waals surface area contributed by atoms with Crippen molar-refractivity contribution in [3.63, 3.8) is 0 Å². The van der Waals surface area contributed by atoms with E-state index in [1.54, 1.807) is 36.8 Å². The fourth-order valence-electron chi connectivity index (χ4n) is 8.99. The van der Waals surface area contributed by atoms with E-state index in [2.05, 4.69) is 36.3 Å². The Hall–Kier alpha value is -5.29. The highest BCUT2D eigenvalue weighted by Gasteiger charge is 2.39. The van der Waals surface area contributed by atoms with Gasteiger partial charge in [-0.25, -0.2) is 0 Å². The van der Waals surface area contributed by atoms with E-state index in [-0.39, 0.29) is 35.7 Å². The minimum absolute atomic E-state index is 0.0536. The largest absolute Gasteiger partial charge is 0.496 e. The van der Waals surface area contributed by atoms with Crippen molar-refractivity contribution in [1.82, 2.24) is 34.8 Å². The zero-order chi connectivity index (χ0) is 42.2. The number of carbonyl (C=O) groups is 4. The van der Waals surface area contributed by atoms with E-state index < -0.39 is 11.9 Å². The molecule has 15 nitrogen and oxygen atoms in total. The van der Waals surface area contributed by atoms with Crippen LogP contribution >= 0.6 is 11.3 Å². The summed E-state index contributed by atoms with van der Waals surface area (Å²) in [7, 11) is 8.99. The minimum Gasteiger partial charge on any atom is -0.496 e. The lowest BCUT2D eigenvalue weighted by Crippen LogP contribution is -2.52. The third-order valence-electron chi connectivity index (χ3n) is 12.4. The molecule has 60 heavy (non-hydrogen) atoms. The lowest BCUT2D eigenvalue weighted by atomic mass is 10.0. The molecular formula is C44H54N8O7S. The maximum atomic E-state index is 13.7. The van der Waals surface area contributed by atoms with Crippen LogP contribution in [-0.4, -0.2) is 141 Å². The van der Waals surface area contributed by atoms with Crippen molar-refractivity contribution in [1.29, 1.82) is 0 Å². The summed E-state index contributed by atoms with van der Waals surface area (Å²) < 4.78 is 13.9. The molecule has 3 fully saturated rings. The van der Waals surface area contributed by atoms with Crippen LogP contribution in [0.25, 0.3) is 21.2 Å². The number of aryl methyl sites for hydroxylation is 1. The summed E-state index contributed by atoms with van der Waals surface area (Å²) in [6.45, 7) is 8.28. The van der Waals surface area contributed by atoms with Crippen LogP contribution in [-0.2, 0) is 29.7 Å². The molecule has 0 aliphatic carbocycles. The molecule has 8 rings (SSSR count). The molecule has 2 aromatic carbocycles. The molecule has 16 heteroatoms. The number of hydrogen-bond donors (Lipinski definition) is 2. The van der Waals surface area contributed by atoms with Gasteiger partial charge in [-0.3, -0.25) is 34.2 Å². The summed E-state index contributed by atoms with van der Waals surface area (Å²) in [5.74, 6) is 0.401. The molecule has 1 atom stereocenters. The van der Waals surface area contributed by atoms with Gasteiger partial charge in [-0.15, -0.1) is 11.3 Å². The van der Waals surface area contributed by atoms with Gasteiger partial charge in [-0.05, 0) is 74.8 Å². The Balaban J connectivity index is 0.827. The smallest absolute Gasteiger partial charge is 0.261 e. The van der Waals surface area contributed by atoms with Crippen molar-refractivity contribution < 1.29 is 28.7 Å². The summed E-state index contributed by atoms with van der Waals surface area (Å²) >= 11 is 1.34. The third-order valence-corrected chi connectivity index (χ3v) is 13.5. The topological polar surface area (TPSA) is 149 Å². The summed E-state index contributed by atoms with van der Waals surface area (Å²) in [6, 6.07) is 11.1. The predicted molar refractivity (Wildman–Crippen MR) is 231 cm³/mol. The number of amides is 4. The number of imide groups is 1. The molecule has 4 amide bonds. The molecule has 1 unspecified atom stereocenters. The Kier molecular flexibility index (Phi) is 12.0. The van der Waals surface area contributed by atoms with E-state index in [4.69, 9.17) is 9.47 Å². The molecule has 318 valence electrons. The molecule has 6 heterocycles. The first-order valence-electron chi connectivity index (χ1n) is 20.7. The fourth-order valence-corrected chi connectivity index (χ4v) is 10.1. The Labute approximate surface area is 353 Å². The normalized spacial score (nSPS) is 19.3. The minimum atomic E-state index is -0.613. The molecular weight excluding hydrogens is 785 g/mol. The average molecular weight is 839 g/mol. The highest BCUT2D eigenvalue weighted by molar-refractivity contribution is 7.21. The van der Waals surface area contributed by atoms with Crippen molar-refractivity contribution in [2.75, 3.05) is 85.6 Å². The Bertz CT molecular complexity index is 2350. The number of ether oxygens (including phenoxy) is 2. The van der Waals surface area contributed by atoms with Crippen LogP contribution in [0.1, 0.15) is 56.8 Å². The number of nitrogens with zero attached hydrogens (tertiary/aromatic N) is 6.